The number of fused-ring (bicyclic) bond motifs is 1. The Morgan fingerprint density at radius 2 is 1.74 bits per heavy atom. The summed E-state index contributed by atoms with van der Waals surface area (Å²) < 4.78 is 0. The van der Waals surface area contributed by atoms with Crippen molar-refractivity contribution >= 4 is 16.6 Å². The van der Waals surface area contributed by atoms with Gasteiger partial charge in [0.25, 0.3) is 0 Å². The van der Waals surface area contributed by atoms with Crippen LogP contribution in [-0.4, -0.2) is 4.98 Å². The molecule has 0 saturated heterocycles. The van der Waals surface area contributed by atoms with Crippen molar-refractivity contribution in [3.05, 3.63) is 65.9 Å². The topological polar surface area (TPSA) is 53.8 Å². The molecule has 0 aliphatic carbocycles. The van der Waals surface area contributed by atoms with Gasteiger partial charge in [0, 0.05) is 35.9 Å². The quantitative estimate of drug-likeness (QED) is 0.624. The number of anilines is 1. The second-order valence-electron chi connectivity index (χ2n) is 4.70. The lowest BCUT2D eigenvalue weighted by Gasteiger charge is -2.04. The van der Waals surface area contributed by atoms with E-state index in [1.165, 1.54) is 22.0 Å². The molecule has 96 valence electrons. The first-order valence-electron chi connectivity index (χ1n) is 6.43. The van der Waals surface area contributed by atoms with Crippen LogP contribution in [0.2, 0.25) is 0 Å². The lowest BCUT2D eigenvalue weighted by Crippen LogP contribution is -2.12. The van der Waals surface area contributed by atoms with Gasteiger partial charge in [-0.2, -0.15) is 0 Å². The maximum Gasteiger partial charge on any atom is 0.0457 e. The van der Waals surface area contributed by atoms with E-state index in [-0.39, 0.29) is 0 Å². The molecule has 0 aliphatic heterocycles. The van der Waals surface area contributed by atoms with Crippen molar-refractivity contribution in [2.45, 2.75) is 13.1 Å². The highest BCUT2D eigenvalue weighted by Crippen LogP contribution is 2.17. The van der Waals surface area contributed by atoms with E-state index >= 15 is 0 Å². The Morgan fingerprint density at radius 3 is 2.58 bits per heavy atom. The number of H-pyrrole nitrogens is 1. The Bertz CT molecular complexity index is 668. The zero-order chi connectivity index (χ0) is 13.1. The van der Waals surface area contributed by atoms with E-state index in [9.17, 15) is 0 Å². The van der Waals surface area contributed by atoms with Crippen molar-refractivity contribution in [3.8, 4) is 0 Å². The lowest BCUT2D eigenvalue weighted by molar-refractivity contribution is 0.696. The minimum Gasteiger partial charge on any atom is -0.399 e. The molecule has 3 nitrogen and oxygen atoms in total. The monoisotopic (exact) mass is 251 g/mol. The van der Waals surface area contributed by atoms with Gasteiger partial charge in [0.2, 0.25) is 0 Å². The zero-order valence-corrected chi connectivity index (χ0v) is 10.7. The normalized spacial score (nSPS) is 10.9. The number of para-hydroxylation sites is 1. The minimum atomic E-state index is 0.806. The van der Waals surface area contributed by atoms with Crippen LogP contribution >= 0.6 is 0 Å². The van der Waals surface area contributed by atoms with Crippen molar-refractivity contribution in [3.63, 3.8) is 0 Å². The molecule has 0 spiro atoms. The Balaban J connectivity index is 1.65. The van der Waals surface area contributed by atoms with Crippen LogP contribution in [0.25, 0.3) is 10.9 Å². The van der Waals surface area contributed by atoms with Gasteiger partial charge in [-0.25, -0.2) is 0 Å². The Morgan fingerprint density at radius 1 is 0.947 bits per heavy atom. The van der Waals surface area contributed by atoms with Crippen molar-refractivity contribution in [1.82, 2.24) is 10.3 Å². The number of rotatable bonds is 4. The number of benzene rings is 2. The maximum absolute atomic E-state index is 5.67. The van der Waals surface area contributed by atoms with Gasteiger partial charge in [-0.15, -0.1) is 0 Å². The predicted octanol–water partition coefficient (Wildman–Crippen LogP) is 3.04. The van der Waals surface area contributed by atoms with E-state index in [4.69, 9.17) is 5.73 Å². The number of aromatic nitrogens is 1. The molecule has 3 heteroatoms. The highest BCUT2D eigenvalue weighted by molar-refractivity contribution is 5.82. The second kappa shape index (κ2) is 5.16. The third-order valence-corrected chi connectivity index (χ3v) is 3.30. The SMILES string of the molecule is Nc1ccc(CNCc2c[nH]c3ccccc23)cc1. The fraction of sp³-hybridized carbons (Fsp3) is 0.125. The minimum absolute atomic E-state index is 0.806. The average molecular weight is 251 g/mol. The highest BCUT2D eigenvalue weighted by Gasteiger charge is 2.02. The zero-order valence-electron chi connectivity index (χ0n) is 10.7. The van der Waals surface area contributed by atoms with Crippen LogP contribution in [0, 0.1) is 0 Å². The van der Waals surface area contributed by atoms with E-state index in [0.29, 0.717) is 0 Å². The first-order chi connectivity index (χ1) is 9.33. The third-order valence-electron chi connectivity index (χ3n) is 3.30. The molecular formula is C16H17N3. The van der Waals surface area contributed by atoms with Crippen LogP contribution in [0.1, 0.15) is 11.1 Å². The molecule has 0 amide bonds. The highest BCUT2D eigenvalue weighted by atomic mass is 14.9. The molecule has 0 unspecified atom stereocenters. The standard InChI is InChI=1S/C16H17N3/c17-14-7-5-12(6-8-14)9-18-10-13-11-19-16-4-2-1-3-15(13)16/h1-8,11,18-19H,9-10,17H2. The third kappa shape index (κ3) is 2.61. The molecule has 0 atom stereocenters. The summed E-state index contributed by atoms with van der Waals surface area (Å²) in [6.45, 7) is 1.70. The van der Waals surface area contributed by atoms with Crippen LogP contribution in [0.4, 0.5) is 5.69 Å². The summed E-state index contributed by atoms with van der Waals surface area (Å²) in [5.41, 5.74) is 10.2. The number of aromatic amines is 1. The molecule has 1 heterocycles. The molecule has 2 aromatic carbocycles. The van der Waals surface area contributed by atoms with Crippen LogP contribution in [0.3, 0.4) is 0 Å². The van der Waals surface area contributed by atoms with Crippen molar-refractivity contribution in [2.24, 2.45) is 0 Å². The Hall–Kier alpha value is -2.26. The number of nitrogens with one attached hydrogen (secondary N) is 2. The fourth-order valence-corrected chi connectivity index (χ4v) is 2.25. The number of nitrogens with two attached hydrogens (primary N) is 1. The van der Waals surface area contributed by atoms with Gasteiger partial charge < -0.3 is 16.0 Å². The summed E-state index contributed by atoms with van der Waals surface area (Å²) in [4.78, 5) is 3.29. The smallest absolute Gasteiger partial charge is 0.0457 e. The van der Waals surface area contributed by atoms with Gasteiger partial charge in [-0.1, -0.05) is 30.3 Å². The van der Waals surface area contributed by atoms with Gasteiger partial charge in [0.05, 0.1) is 0 Å². The molecule has 0 fully saturated rings. The number of hydrogen-bond donors (Lipinski definition) is 3. The van der Waals surface area contributed by atoms with Crippen molar-refractivity contribution < 1.29 is 0 Å². The molecule has 3 rings (SSSR count). The fourth-order valence-electron chi connectivity index (χ4n) is 2.25. The largest absolute Gasteiger partial charge is 0.399 e. The molecule has 19 heavy (non-hydrogen) atoms. The Labute approximate surface area is 112 Å². The lowest BCUT2D eigenvalue weighted by atomic mass is 10.1. The van der Waals surface area contributed by atoms with Gasteiger partial charge in [0.15, 0.2) is 0 Å². The second-order valence-corrected chi connectivity index (χ2v) is 4.70. The first-order valence-corrected chi connectivity index (χ1v) is 6.43. The van der Waals surface area contributed by atoms with E-state index in [0.717, 1.165) is 18.8 Å². The molecule has 0 bridgehead atoms. The average Bonchev–Trinajstić information content (AvgIpc) is 2.85. The summed E-state index contributed by atoms with van der Waals surface area (Å²) in [7, 11) is 0. The molecule has 3 aromatic rings. The van der Waals surface area contributed by atoms with Crippen LogP contribution in [-0.2, 0) is 13.1 Å². The van der Waals surface area contributed by atoms with Gasteiger partial charge >= 0.3 is 0 Å². The van der Waals surface area contributed by atoms with E-state index < -0.39 is 0 Å². The molecule has 0 radical (unpaired) electrons. The predicted molar refractivity (Wildman–Crippen MR) is 79.7 cm³/mol. The summed E-state index contributed by atoms with van der Waals surface area (Å²) in [6.07, 6.45) is 2.07. The molecule has 4 N–H and O–H groups in total. The maximum atomic E-state index is 5.67. The number of nitrogen functional groups attached to an aromatic ring is 1. The summed E-state index contributed by atoms with van der Waals surface area (Å²) in [5, 5.41) is 4.74. The summed E-state index contributed by atoms with van der Waals surface area (Å²) in [5.74, 6) is 0. The summed E-state index contributed by atoms with van der Waals surface area (Å²) >= 11 is 0. The van der Waals surface area contributed by atoms with Gasteiger partial charge in [-0.05, 0) is 29.3 Å². The molecule has 0 aliphatic rings. The Kier molecular flexibility index (Phi) is 3.21. The van der Waals surface area contributed by atoms with E-state index in [2.05, 4.69) is 46.8 Å². The van der Waals surface area contributed by atoms with Crippen molar-refractivity contribution in [1.29, 1.82) is 0 Å². The molecule has 0 saturated carbocycles. The number of hydrogen-bond acceptors (Lipinski definition) is 2. The van der Waals surface area contributed by atoms with Crippen LogP contribution in [0.5, 0.6) is 0 Å². The van der Waals surface area contributed by atoms with Crippen LogP contribution < -0.4 is 11.1 Å². The van der Waals surface area contributed by atoms with Crippen LogP contribution in [0.15, 0.2) is 54.7 Å². The van der Waals surface area contributed by atoms with Gasteiger partial charge in [0.1, 0.15) is 0 Å². The molecular weight excluding hydrogens is 234 g/mol. The first kappa shape index (κ1) is 11.8. The van der Waals surface area contributed by atoms with E-state index in [1.54, 1.807) is 0 Å². The molecule has 1 aromatic heterocycles. The van der Waals surface area contributed by atoms with Crippen molar-refractivity contribution in [2.75, 3.05) is 5.73 Å². The summed E-state index contributed by atoms with van der Waals surface area (Å²) in [6, 6.07) is 16.3. The van der Waals surface area contributed by atoms with Gasteiger partial charge in [-0.3, -0.25) is 0 Å². The van der Waals surface area contributed by atoms with E-state index in [1.807, 2.05) is 18.2 Å².